The van der Waals surface area contributed by atoms with Crippen molar-refractivity contribution in [2.24, 2.45) is 0 Å². The van der Waals surface area contributed by atoms with E-state index in [1.807, 2.05) is 10.2 Å². The highest BCUT2D eigenvalue weighted by molar-refractivity contribution is 5.94. The van der Waals surface area contributed by atoms with Gasteiger partial charge in [-0.05, 0) is 60.9 Å². The van der Waals surface area contributed by atoms with E-state index < -0.39 is 139 Å². The number of hydrogen-bond acceptors (Lipinski definition) is 18. The lowest BCUT2D eigenvalue weighted by Gasteiger charge is -2.35. The van der Waals surface area contributed by atoms with Crippen LogP contribution in [-0.4, -0.2) is 260 Å². The Balaban J connectivity index is 1.24. The minimum atomic E-state index is -1.58. The molecule has 0 saturated carbocycles. The van der Waals surface area contributed by atoms with E-state index in [2.05, 4.69) is 37.2 Å². The van der Waals surface area contributed by atoms with Crippen LogP contribution in [-0.2, 0) is 81.6 Å². The summed E-state index contributed by atoms with van der Waals surface area (Å²) in [6.07, 6.45) is 1.39. The quantitative estimate of drug-likeness (QED) is 0.0328. The Morgan fingerprint density at radius 2 is 0.838 bits per heavy atom. The molecule has 1 fully saturated rings. The van der Waals surface area contributed by atoms with E-state index in [-0.39, 0.29) is 90.6 Å². The third-order valence-electron chi connectivity index (χ3n) is 15.9. The molecular formula is C66H92N12O21. The Kier molecular flexibility index (Phi) is 36.7. The van der Waals surface area contributed by atoms with Crippen molar-refractivity contribution in [3.63, 3.8) is 0 Å². The van der Waals surface area contributed by atoms with Gasteiger partial charge in [0.1, 0.15) is 24.2 Å². The first-order valence-corrected chi connectivity index (χ1v) is 32.6. The van der Waals surface area contributed by atoms with Gasteiger partial charge in [0.25, 0.3) is 0 Å². The molecule has 33 heteroatoms. The molecule has 0 radical (unpaired) electrons. The van der Waals surface area contributed by atoms with Crippen LogP contribution in [0.5, 0.6) is 0 Å². The lowest BCUT2D eigenvalue weighted by atomic mass is 10.0. The summed E-state index contributed by atoms with van der Waals surface area (Å²) in [7, 11) is 0. The van der Waals surface area contributed by atoms with Gasteiger partial charge in [-0.25, -0.2) is 14.4 Å². The summed E-state index contributed by atoms with van der Waals surface area (Å²) in [6.45, 7) is 0.384. The SMILES string of the molecule is O=C(O)CCC(NC(=O)NC(CCC(=O)NCCCCCCCC(=O)N[C@@H](Cc1ccccc1)C(=O)N[C@@H](Cc1ccccc1)C(=O)NCCNC(=O)CCC(=O)Nc1ccc(CC(CN2CCN(CC(=O)O)CCN(CC(=O)O)CC2)N(CC(=O)O)CC(=O)O)cc1)C(=O)O)C(=O)O. The van der Waals surface area contributed by atoms with E-state index in [1.54, 1.807) is 94.7 Å². The summed E-state index contributed by atoms with van der Waals surface area (Å²) < 4.78 is 0. The number of rotatable bonds is 46. The Morgan fingerprint density at radius 1 is 0.384 bits per heavy atom. The first-order valence-electron chi connectivity index (χ1n) is 32.6. The Labute approximate surface area is 571 Å². The summed E-state index contributed by atoms with van der Waals surface area (Å²) in [6, 6.07) is 17.3. The van der Waals surface area contributed by atoms with E-state index in [4.69, 9.17) is 5.11 Å². The second-order valence-electron chi connectivity index (χ2n) is 23.9. The van der Waals surface area contributed by atoms with Gasteiger partial charge < -0.3 is 78.3 Å². The van der Waals surface area contributed by atoms with Crippen molar-refractivity contribution in [1.82, 2.24) is 56.8 Å². The maximum atomic E-state index is 14.1. The molecule has 3 aromatic carbocycles. The predicted octanol–water partition coefficient (Wildman–Crippen LogP) is -0.129. The highest BCUT2D eigenvalue weighted by Crippen LogP contribution is 2.18. The number of nitrogens with one attached hydrogen (secondary N) is 8. The third-order valence-corrected chi connectivity index (χ3v) is 15.9. The number of carbonyl (C=O) groups is 14. The molecule has 0 aliphatic carbocycles. The molecule has 1 aliphatic heterocycles. The van der Waals surface area contributed by atoms with Crippen LogP contribution < -0.4 is 42.5 Å². The zero-order valence-corrected chi connectivity index (χ0v) is 55.1. The van der Waals surface area contributed by atoms with E-state index >= 15 is 0 Å². The van der Waals surface area contributed by atoms with Crippen molar-refractivity contribution in [2.75, 3.05) is 96.9 Å². The fourth-order valence-electron chi connectivity index (χ4n) is 10.7. The standard InChI is InChI=1S/C66H92N12O21/c79-53(23-21-49(64(95)96)73-66(99)74-50(65(97)98)22-26-57(83)84)67-27-11-3-1-2-10-16-55(81)71-52(38-45-14-8-5-9-15-45)63(94)72-51(37-44-12-6-4-7-13-44)62(93)69-29-28-68-54(80)24-25-56(82)70-47-19-17-46(18-20-47)36-48(78(42-60(89)90)43-61(91)92)39-75-30-32-76(40-58(85)86)34-35-77(33-31-75)41-59(87)88/h4-9,12-15,17-20,48-52H,1-3,10-11,16,21-43H2,(H,67,79)(H,68,80)(H,69,93)(H,70,82)(H,71,81)(H,72,94)(H,83,84)(H,85,86)(H,87,88)(H,89,90)(H,91,92)(H,95,96)(H,97,98)(H2,73,74,99)/t48?,49?,50?,51-,52-/m0/s1. The van der Waals surface area contributed by atoms with E-state index in [9.17, 15) is 97.8 Å². The number of carboxylic acids is 7. The van der Waals surface area contributed by atoms with Crippen molar-refractivity contribution < 1.29 is 103 Å². The van der Waals surface area contributed by atoms with Gasteiger partial charge in [-0.2, -0.15) is 0 Å². The molecule has 1 saturated heterocycles. The van der Waals surface area contributed by atoms with Crippen molar-refractivity contribution >= 4 is 88.9 Å². The molecule has 0 bridgehead atoms. The predicted molar refractivity (Wildman–Crippen MR) is 355 cm³/mol. The van der Waals surface area contributed by atoms with Crippen LogP contribution in [0.1, 0.15) is 93.7 Å². The number of amides is 8. The average Bonchev–Trinajstić information content (AvgIpc) is 1.82. The zero-order chi connectivity index (χ0) is 72.7. The monoisotopic (exact) mass is 1390 g/mol. The lowest BCUT2D eigenvalue weighted by Crippen LogP contribution is -2.55. The number of benzene rings is 3. The number of carboxylic acid groups (broad SMARTS) is 7. The van der Waals surface area contributed by atoms with E-state index in [1.165, 1.54) is 4.90 Å². The van der Waals surface area contributed by atoms with Gasteiger partial charge in [0.2, 0.25) is 35.4 Å². The highest BCUT2D eigenvalue weighted by atomic mass is 16.4. The molecule has 3 aromatic rings. The van der Waals surface area contributed by atoms with Crippen molar-refractivity contribution in [3.8, 4) is 0 Å². The van der Waals surface area contributed by atoms with Crippen LogP contribution in [0.15, 0.2) is 84.9 Å². The maximum Gasteiger partial charge on any atom is 0.326 e. The Hall–Kier alpha value is -10.1. The Bertz CT molecular complexity index is 3120. The third kappa shape index (κ3) is 35.1. The van der Waals surface area contributed by atoms with Gasteiger partial charge in [-0.15, -0.1) is 0 Å². The van der Waals surface area contributed by atoms with Crippen molar-refractivity contribution in [2.45, 2.75) is 127 Å². The van der Waals surface area contributed by atoms with Crippen LogP contribution in [0, 0.1) is 0 Å². The molecule has 0 spiro atoms. The molecule has 3 unspecified atom stereocenters. The van der Waals surface area contributed by atoms with Crippen LogP contribution in [0.4, 0.5) is 10.5 Å². The molecule has 99 heavy (non-hydrogen) atoms. The van der Waals surface area contributed by atoms with Gasteiger partial charge in [0.15, 0.2) is 0 Å². The van der Waals surface area contributed by atoms with Gasteiger partial charge in [0.05, 0.1) is 26.2 Å². The first-order chi connectivity index (χ1) is 47.2. The molecule has 1 heterocycles. The summed E-state index contributed by atoms with van der Waals surface area (Å²) >= 11 is 0. The number of nitrogens with zero attached hydrogens (tertiary/aromatic N) is 4. The number of unbranched alkanes of at least 4 members (excludes halogenated alkanes) is 4. The van der Waals surface area contributed by atoms with Gasteiger partial charge >= 0.3 is 47.8 Å². The second-order valence-corrected chi connectivity index (χ2v) is 23.9. The van der Waals surface area contributed by atoms with Crippen LogP contribution in [0.2, 0.25) is 0 Å². The lowest BCUT2D eigenvalue weighted by molar-refractivity contribution is -0.144. The topological polar surface area (TPSA) is 490 Å². The van der Waals surface area contributed by atoms with Gasteiger partial charge in [0, 0.05) is 122 Å². The minimum absolute atomic E-state index is 0.0357. The second kappa shape index (κ2) is 44.7. The van der Waals surface area contributed by atoms with Gasteiger partial charge in [-0.1, -0.05) is 92.1 Å². The molecule has 8 amide bonds. The largest absolute Gasteiger partial charge is 0.481 e. The maximum absolute atomic E-state index is 14.1. The summed E-state index contributed by atoms with van der Waals surface area (Å²) in [5, 5.41) is 86.8. The number of aliphatic carboxylic acids is 7. The number of carbonyl (C=O) groups excluding carboxylic acids is 7. The molecule has 1 aliphatic rings. The number of urea groups is 1. The molecule has 542 valence electrons. The van der Waals surface area contributed by atoms with Crippen molar-refractivity contribution in [3.05, 3.63) is 102 Å². The van der Waals surface area contributed by atoms with Crippen LogP contribution in [0.25, 0.3) is 0 Å². The fourth-order valence-corrected chi connectivity index (χ4v) is 10.7. The zero-order valence-electron chi connectivity index (χ0n) is 55.1. The summed E-state index contributed by atoms with van der Waals surface area (Å²) in [4.78, 5) is 180. The smallest absolute Gasteiger partial charge is 0.326 e. The number of anilines is 1. The molecular weight excluding hydrogens is 1300 g/mol. The normalized spacial score (nSPS) is 14.4. The molecule has 0 aromatic heterocycles. The average molecular weight is 1390 g/mol. The molecule has 15 N–H and O–H groups in total. The van der Waals surface area contributed by atoms with E-state index in [0.717, 1.165) is 11.1 Å². The molecule has 5 atom stereocenters. The Morgan fingerprint density at radius 3 is 1.35 bits per heavy atom. The minimum Gasteiger partial charge on any atom is -0.481 e. The molecule has 33 nitrogen and oxygen atoms in total. The van der Waals surface area contributed by atoms with Crippen molar-refractivity contribution in [1.29, 1.82) is 0 Å². The van der Waals surface area contributed by atoms with E-state index in [0.29, 0.717) is 82.6 Å². The summed E-state index contributed by atoms with van der Waals surface area (Å²) in [5.74, 6) is -12.0. The number of hydrogen-bond donors (Lipinski definition) is 15. The fraction of sp³-hybridized carbons (Fsp3) is 0.515. The summed E-state index contributed by atoms with van der Waals surface area (Å²) in [5.41, 5.74) is 2.49. The highest BCUT2D eigenvalue weighted by Gasteiger charge is 2.31. The van der Waals surface area contributed by atoms with Gasteiger partial charge in [-0.3, -0.25) is 72.3 Å². The first kappa shape index (κ1) is 81.3. The van der Waals surface area contributed by atoms with Crippen LogP contribution in [0.3, 0.4) is 0 Å². The molecule has 4 rings (SSSR count). The van der Waals surface area contributed by atoms with Crippen LogP contribution >= 0.6 is 0 Å².